The third-order valence-electron chi connectivity index (χ3n) is 3.08. The summed E-state index contributed by atoms with van der Waals surface area (Å²) < 4.78 is 6.25. The Bertz CT molecular complexity index is 659. The van der Waals surface area contributed by atoms with Crippen molar-refractivity contribution in [3.05, 3.63) is 58.0 Å². The highest BCUT2D eigenvalue weighted by atomic mass is 79.9. The lowest BCUT2D eigenvalue weighted by atomic mass is 10.1. The largest absolute Gasteiger partial charge is 0.467 e. The second-order valence-electron chi connectivity index (χ2n) is 4.76. The molecular formula is C16H15BrN2O2. The van der Waals surface area contributed by atoms with Gasteiger partial charge in [-0.1, -0.05) is 28.1 Å². The summed E-state index contributed by atoms with van der Waals surface area (Å²) in [6, 6.07) is 11.5. The summed E-state index contributed by atoms with van der Waals surface area (Å²) >= 11 is 3.52. The Morgan fingerprint density at radius 2 is 2.19 bits per heavy atom. The van der Waals surface area contributed by atoms with Crippen molar-refractivity contribution >= 4 is 21.8 Å². The Morgan fingerprint density at radius 1 is 1.38 bits per heavy atom. The van der Waals surface area contributed by atoms with Crippen molar-refractivity contribution in [1.82, 2.24) is 4.90 Å². The van der Waals surface area contributed by atoms with E-state index in [4.69, 9.17) is 9.68 Å². The van der Waals surface area contributed by atoms with Crippen LogP contribution in [0.5, 0.6) is 0 Å². The zero-order valence-corrected chi connectivity index (χ0v) is 13.3. The molecule has 0 N–H and O–H groups in total. The predicted molar refractivity (Wildman–Crippen MR) is 82.1 cm³/mol. The number of hydrogen-bond acceptors (Lipinski definition) is 3. The fourth-order valence-electron chi connectivity index (χ4n) is 1.99. The van der Waals surface area contributed by atoms with E-state index < -0.39 is 0 Å². The van der Waals surface area contributed by atoms with Crippen LogP contribution in [0.4, 0.5) is 0 Å². The van der Waals surface area contributed by atoms with Gasteiger partial charge in [0.25, 0.3) is 0 Å². The van der Waals surface area contributed by atoms with E-state index in [0.717, 1.165) is 15.6 Å². The molecule has 2 rings (SSSR count). The standard InChI is InChI=1S/C16H15BrN2O2/c1-12-4-5-13(15(17)9-12)10-19(16(20)6-7-18)11-14-3-2-8-21-14/h2-5,8-9H,6,10-11H2,1H3. The number of benzene rings is 1. The number of amides is 1. The third kappa shape index (κ3) is 4.20. The van der Waals surface area contributed by atoms with Crippen molar-refractivity contribution in [1.29, 1.82) is 5.26 Å². The van der Waals surface area contributed by atoms with Gasteiger partial charge in [0.15, 0.2) is 0 Å². The summed E-state index contributed by atoms with van der Waals surface area (Å²) in [5.41, 5.74) is 2.14. The van der Waals surface area contributed by atoms with E-state index in [1.54, 1.807) is 17.2 Å². The number of nitrogens with zero attached hydrogens (tertiary/aromatic N) is 2. The quantitative estimate of drug-likeness (QED) is 0.827. The van der Waals surface area contributed by atoms with E-state index in [1.165, 1.54) is 0 Å². The highest BCUT2D eigenvalue weighted by Crippen LogP contribution is 2.21. The molecular weight excluding hydrogens is 332 g/mol. The lowest BCUT2D eigenvalue weighted by Gasteiger charge is -2.21. The topological polar surface area (TPSA) is 57.2 Å². The van der Waals surface area contributed by atoms with Crippen molar-refractivity contribution in [2.24, 2.45) is 0 Å². The lowest BCUT2D eigenvalue weighted by molar-refractivity contribution is -0.131. The van der Waals surface area contributed by atoms with E-state index in [1.807, 2.05) is 37.3 Å². The summed E-state index contributed by atoms with van der Waals surface area (Å²) in [5, 5.41) is 8.74. The first-order valence-electron chi connectivity index (χ1n) is 6.52. The molecule has 0 saturated heterocycles. The van der Waals surface area contributed by atoms with Gasteiger partial charge < -0.3 is 9.32 Å². The van der Waals surface area contributed by atoms with Crippen LogP contribution in [-0.2, 0) is 17.9 Å². The van der Waals surface area contributed by atoms with Crippen molar-refractivity contribution < 1.29 is 9.21 Å². The summed E-state index contributed by atoms with van der Waals surface area (Å²) in [6.07, 6.45) is 1.44. The van der Waals surface area contributed by atoms with Crippen molar-refractivity contribution in [3.63, 3.8) is 0 Å². The van der Waals surface area contributed by atoms with Gasteiger partial charge in [0.2, 0.25) is 5.91 Å². The number of carbonyl (C=O) groups excluding carboxylic acids is 1. The molecule has 21 heavy (non-hydrogen) atoms. The van der Waals surface area contributed by atoms with Crippen molar-refractivity contribution in [3.8, 4) is 6.07 Å². The molecule has 2 aromatic rings. The molecule has 0 atom stereocenters. The molecule has 0 spiro atoms. The van der Waals surface area contributed by atoms with E-state index >= 15 is 0 Å². The van der Waals surface area contributed by atoms with E-state index in [-0.39, 0.29) is 12.3 Å². The van der Waals surface area contributed by atoms with Gasteiger partial charge >= 0.3 is 0 Å². The van der Waals surface area contributed by atoms with Gasteiger partial charge in [-0.3, -0.25) is 4.79 Å². The highest BCUT2D eigenvalue weighted by molar-refractivity contribution is 9.10. The number of halogens is 1. The molecule has 0 aliphatic carbocycles. The normalized spacial score (nSPS) is 10.1. The molecule has 0 saturated carbocycles. The number of nitriles is 1. The van der Waals surface area contributed by atoms with Gasteiger partial charge in [0.1, 0.15) is 12.2 Å². The van der Waals surface area contributed by atoms with Crippen molar-refractivity contribution in [2.45, 2.75) is 26.4 Å². The second-order valence-corrected chi connectivity index (χ2v) is 5.61. The SMILES string of the molecule is Cc1ccc(CN(Cc2ccco2)C(=O)CC#N)c(Br)c1. The fourth-order valence-corrected chi connectivity index (χ4v) is 2.61. The van der Waals surface area contributed by atoms with Crippen molar-refractivity contribution in [2.75, 3.05) is 0 Å². The fraction of sp³-hybridized carbons (Fsp3) is 0.250. The van der Waals surface area contributed by atoms with Gasteiger partial charge in [-0.25, -0.2) is 0 Å². The van der Waals surface area contributed by atoms with E-state index in [0.29, 0.717) is 18.8 Å². The zero-order valence-electron chi connectivity index (χ0n) is 11.7. The molecule has 0 bridgehead atoms. The molecule has 0 fully saturated rings. The molecule has 0 aliphatic heterocycles. The molecule has 1 amide bonds. The summed E-state index contributed by atoms with van der Waals surface area (Å²) in [6.45, 7) is 2.80. The molecule has 108 valence electrons. The Morgan fingerprint density at radius 3 is 2.81 bits per heavy atom. The number of carbonyl (C=O) groups is 1. The van der Waals surface area contributed by atoms with Crippen LogP contribution in [0.2, 0.25) is 0 Å². The molecule has 0 radical (unpaired) electrons. The van der Waals surface area contributed by atoms with Crippen LogP contribution < -0.4 is 0 Å². The predicted octanol–water partition coefficient (Wildman–Crippen LogP) is 3.79. The Kier molecular flexibility index (Phi) is 5.18. The minimum atomic E-state index is -0.207. The smallest absolute Gasteiger partial charge is 0.237 e. The second kappa shape index (κ2) is 7.09. The maximum absolute atomic E-state index is 12.1. The minimum Gasteiger partial charge on any atom is -0.467 e. The minimum absolute atomic E-state index is 0.135. The molecule has 0 aliphatic rings. The van der Waals surface area contributed by atoms with Crippen LogP contribution in [0.1, 0.15) is 23.3 Å². The first-order chi connectivity index (χ1) is 10.1. The van der Waals surface area contributed by atoms with Gasteiger partial charge in [-0.15, -0.1) is 0 Å². The molecule has 5 heteroatoms. The van der Waals surface area contributed by atoms with Crippen LogP contribution >= 0.6 is 15.9 Å². The maximum Gasteiger partial charge on any atom is 0.237 e. The summed E-state index contributed by atoms with van der Waals surface area (Å²) in [5.74, 6) is 0.492. The van der Waals surface area contributed by atoms with Crippen LogP contribution in [0.3, 0.4) is 0 Å². The zero-order chi connectivity index (χ0) is 15.2. The number of aryl methyl sites for hydroxylation is 1. The Balaban J connectivity index is 2.18. The van der Waals surface area contributed by atoms with E-state index in [2.05, 4.69) is 15.9 Å². The van der Waals surface area contributed by atoms with E-state index in [9.17, 15) is 4.79 Å². The average Bonchev–Trinajstić information content (AvgIpc) is 2.94. The van der Waals surface area contributed by atoms with Crippen LogP contribution in [0.25, 0.3) is 0 Å². The summed E-state index contributed by atoms with van der Waals surface area (Å²) in [4.78, 5) is 13.7. The molecule has 0 unspecified atom stereocenters. The average molecular weight is 347 g/mol. The van der Waals surface area contributed by atoms with Gasteiger partial charge in [-0.05, 0) is 36.2 Å². The Labute approximate surface area is 132 Å². The first kappa shape index (κ1) is 15.3. The number of hydrogen-bond donors (Lipinski definition) is 0. The first-order valence-corrected chi connectivity index (χ1v) is 7.31. The van der Waals surface area contributed by atoms with Crippen LogP contribution in [-0.4, -0.2) is 10.8 Å². The van der Waals surface area contributed by atoms with Crippen LogP contribution in [0.15, 0.2) is 45.5 Å². The Hall–Kier alpha value is -2.06. The highest BCUT2D eigenvalue weighted by Gasteiger charge is 2.16. The van der Waals surface area contributed by atoms with Gasteiger partial charge in [0, 0.05) is 11.0 Å². The number of rotatable bonds is 5. The number of furan rings is 1. The monoisotopic (exact) mass is 346 g/mol. The van der Waals surface area contributed by atoms with Gasteiger partial charge in [0.05, 0.1) is 18.9 Å². The molecule has 1 aromatic carbocycles. The summed E-state index contributed by atoms with van der Waals surface area (Å²) in [7, 11) is 0. The van der Waals surface area contributed by atoms with Gasteiger partial charge in [-0.2, -0.15) is 5.26 Å². The molecule has 1 aromatic heterocycles. The third-order valence-corrected chi connectivity index (χ3v) is 3.82. The lowest BCUT2D eigenvalue weighted by Crippen LogP contribution is -2.29. The maximum atomic E-state index is 12.1. The molecule has 1 heterocycles. The molecule has 4 nitrogen and oxygen atoms in total. The van der Waals surface area contributed by atoms with Crippen LogP contribution in [0, 0.1) is 18.3 Å².